The fourth-order valence-corrected chi connectivity index (χ4v) is 3.29. The molecule has 0 fully saturated rings. The van der Waals surface area contributed by atoms with Crippen molar-refractivity contribution in [2.75, 3.05) is 25.0 Å². The van der Waals surface area contributed by atoms with Crippen LogP contribution in [-0.2, 0) is 4.79 Å². The quantitative estimate of drug-likeness (QED) is 0.552. The van der Waals surface area contributed by atoms with E-state index in [0.717, 1.165) is 30.4 Å². The third-order valence-corrected chi connectivity index (χ3v) is 4.96. The van der Waals surface area contributed by atoms with Gasteiger partial charge in [0, 0.05) is 25.2 Å². The Balaban J connectivity index is 2.27. The van der Waals surface area contributed by atoms with Gasteiger partial charge in [0.05, 0.1) is 11.2 Å². The second-order valence-electron chi connectivity index (χ2n) is 5.64. The maximum absolute atomic E-state index is 11.5. The SMILES string of the molecule is CN=C(C)SC(=N/C=C(/N)N1CC(CCN)c2ccccc21)C(N)=O. The number of nitrogens with two attached hydrogens (primary N) is 3. The Bertz CT molecular complexity index is 728. The van der Waals surface area contributed by atoms with Crippen LogP contribution in [0.15, 0.2) is 46.3 Å². The normalized spacial score (nSPS) is 18.4. The van der Waals surface area contributed by atoms with E-state index in [2.05, 4.69) is 16.1 Å². The molecule has 1 unspecified atom stereocenters. The van der Waals surface area contributed by atoms with Crippen LogP contribution in [0.1, 0.15) is 24.8 Å². The first-order chi connectivity index (χ1) is 12.0. The molecule has 0 saturated carbocycles. The highest BCUT2D eigenvalue weighted by Gasteiger charge is 2.28. The van der Waals surface area contributed by atoms with Crippen LogP contribution in [-0.4, -0.2) is 36.1 Å². The minimum absolute atomic E-state index is 0.150. The molecule has 0 bridgehead atoms. The van der Waals surface area contributed by atoms with Crippen molar-refractivity contribution in [1.29, 1.82) is 0 Å². The van der Waals surface area contributed by atoms with E-state index in [1.165, 1.54) is 11.8 Å². The molecule has 25 heavy (non-hydrogen) atoms. The van der Waals surface area contributed by atoms with Crippen LogP contribution in [0, 0.1) is 0 Å². The van der Waals surface area contributed by atoms with Crippen molar-refractivity contribution in [3.05, 3.63) is 41.8 Å². The van der Waals surface area contributed by atoms with Gasteiger partial charge in [-0.3, -0.25) is 9.79 Å². The molecule has 0 aromatic heterocycles. The lowest BCUT2D eigenvalue weighted by molar-refractivity contribution is -0.111. The van der Waals surface area contributed by atoms with Gasteiger partial charge in [-0.05, 0) is 43.3 Å². The molecule has 1 aromatic carbocycles. The minimum Gasteiger partial charge on any atom is -0.384 e. The summed E-state index contributed by atoms with van der Waals surface area (Å²) in [4.78, 5) is 21.7. The molecule has 1 aliphatic rings. The zero-order valence-corrected chi connectivity index (χ0v) is 15.3. The summed E-state index contributed by atoms with van der Waals surface area (Å²) in [5.41, 5.74) is 19.6. The number of aliphatic imine (C=N–C) groups is 2. The van der Waals surface area contributed by atoms with Gasteiger partial charge in [0.15, 0.2) is 5.04 Å². The number of fused-ring (bicyclic) bond motifs is 1. The Morgan fingerprint density at radius 3 is 2.76 bits per heavy atom. The third-order valence-electron chi connectivity index (χ3n) is 3.98. The summed E-state index contributed by atoms with van der Waals surface area (Å²) in [6.07, 6.45) is 2.36. The average molecular weight is 360 g/mol. The Morgan fingerprint density at radius 1 is 1.40 bits per heavy atom. The van der Waals surface area contributed by atoms with Crippen molar-refractivity contribution in [1.82, 2.24) is 0 Å². The van der Waals surface area contributed by atoms with Crippen LogP contribution in [0.4, 0.5) is 5.69 Å². The van der Waals surface area contributed by atoms with E-state index in [0.29, 0.717) is 23.3 Å². The second kappa shape index (κ2) is 8.68. The number of carbonyl (C=O) groups is 1. The minimum atomic E-state index is -0.611. The number of anilines is 1. The van der Waals surface area contributed by atoms with Gasteiger partial charge < -0.3 is 22.1 Å². The molecule has 6 N–H and O–H groups in total. The molecule has 2 rings (SSSR count). The highest BCUT2D eigenvalue weighted by molar-refractivity contribution is 8.28. The van der Waals surface area contributed by atoms with Crippen LogP contribution in [0.5, 0.6) is 0 Å². The monoisotopic (exact) mass is 360 g/mol. The summed E-state index contributed by atoms with van der Waals surface area (Å²) in [5, 5.41) is 0.844. The van der Waals surface area contributed by atoms with Crippen LogP contribution >= 0.6 is 11.8 Å². The number of primary amides is 1. The molecule has 0 saturated heterocycles. The van der Waals surface area contributed by atoms with Crippen molar-refractivity contribution in [2.24, 2.45) is 27.2 Å². The van der Waals surface area contributed by atoms with Gasteiger partial charge in [-0.2, -0.15) is 0 Å². The predicted molar refractivity (Wildman–Crippen MR) is 106 cm³/mol. The van der Waals surface area contributed by atoms with Gasteiger partial charge in [-0.25, -0.2) is 4.99 Å². The van der Waals surface area contributed by atoms with Crippen LogP contribution in [0.25, 0.3) is 0 Å². The van der Waals surface area contributed by atoms with Gasteiger partial charge in [-0.15, -0.1) is 0 Å². The first kappa shape index (κ1) is 19.0. The maximum atomic E-state index is 11.5. The molecule has 1 amide bonds. The summed E-state index contributed by atoms with van der Waals surface area (Å²) >= 11 is 1.12. The Morgan fingerprint density at radius 2 is 2.12 bits per heavy atom. The number of carbonyl (C=O) groups excluding carboxylic acids is 1. The molecular weight excluding hydrogens is 336 g/mol. The van der Waals surface area contributed by atoms with E-state index in [1.807, 2.05) is 23.1 Å². The summed E-state index contributed by atoms with van der Waals surface area (Å²) < 4.78 is 0. The number of thioether (sulfide) groups is 1. The van der Waals surface area contributed by atoms with E-state index in [9.17, 15) is 4.79 Å². The van der Waals surface area contributed by atoms with Gasteiger partial charge in [-0.1, -0.05) is 18.2 Å². The first-order valence-corrected chi connectivity index (χ1v) is 8.80. The molecule has 8 heteroatoms. The largest absolute Gasteiger partial charge is 0.384 e. The van der Waals surface area contributed by atoms with Gasteiger partial charge >= 0.3 is 0 Å². The van der Waals surface area contributed by atoms with E-state index in [-0.39, 0.29) is 5.04 Å². The van der Waals surface area contributed by atoms with Gasteiger partial charge in [0.25, 0.3) is 5.91 Å². The number of nitrogens with zero attached hydrogens (tertiary/aromatic N) is 3. The van der Waals surface area contributed by atoms with Crippen LogP contribution < -0.4 is 22.1 Å². The summed E-state index contributed by atoms with van der Waals surface area (Å²) in [6.45, 7) is 3.14. The number of amides is 1. The van der Waals surface area contributed by atoms with Crippen molar-refractivity contribution in [2.45, 2.75) is 19.3 Å². The van der Waals surface area contributed by atoms with Gasteiger partial charge in [0.2, 0.25) is 0 Å². The van der Waals surface area contributed by atoms with Crippen molar-refractivity contribution < 1.29 is 4.79 Å². The van der Waals surface area contributed by atoms with Crippen LogP contribution in [0.2, 0.25) is 0 Å². The number of hydrogen-bond acceptors (Lipinski definition) is 7. The molecule has 0 aliphatic carbocycles. The lowest BCUT2D eigenvalue weighted by atomic mass is 9.98. The summed E-state index contributed by atoms with van der Waals surface area (Å²) in [5.74, 6) is 0.175. The highest BCUT2D eigenvalue weighted by atomic mass is 32.2. The molecular formula is C17H24N6OS. The molecule has 134 valence electrons. The fourth-order valence-electron chi connectivity index (χ4n) is 2.71. The highest BCUT2D eigenvalue weighted by Crippen LogP contribution is 2.38. The average Bonchev–Trinajstić information content (AvgIpc) is 2.97. The van der Waals surface area contributed by atoms with E-state index < -0.39 is 5.91 Å². The molecule has 0 spiro atoms. The molecule has 1 aliphatic heterocycles. The summed E-state index contributed by atoms with van der Waals surface area (Å²) in [6, 6.07) is 8.10. The zero-order valence-electron chi connectivity index (χ0n) is 14.5. The summed E-state index contributed by atoms with van der Waals surface area (Å²) in [7, 11) is 1.64. The number of para-hydroxylation sites is 1. The lowest BCUT2D eigenvalue weighted by Crippen LogP contribution is -2.27. The Labute approximate surface area is 152 Å². The fraction of sp³-hybridized carbons (Fsp3) is 0.353. The zero-order chi connectivity index (χ0) is 18.4. The van der Waals surface area contributed by atoms with Crippen molar-refractivity contribution in [3.8, 4) is 0 Å². The molecule has 1 atom stereocenters. The van der Waals surface area contributed by atoms with E-state index >= 15 is 0 Å². The predicted octanol–water partition coefficient (Wildman–Crippen LogP) is 1.36. The maximum Gasteiger partial charge on any atom is 0.274 e. The standard InChI is InChI=1S/C17H24N6OS/c1-11(21-2)25-17(16(20)24)22-9-15(19)23-10-12(7-8-18)13-5-3-4-6-14(13)23/h3-6,9,12H,7-8,10,18-19H2,1-2H3,(H2,20,24)/b15-9-,21-11?,22-17?. The topological polar surface area (TPSA) is 123 Å². The number of hydrogen-bond donors (Lipinski definition) is 3. The van der Waals surface area contributed by atoms with Crippen molar-refractivity contribution >= 4 is 33.4 Å². The second-order valence-corrected chi connectivity index (χ2v) is 6.82. The molecule has 1 aromatic rings. The molecule has 7 nitrogen and oxygen atoms in total. The third kappa shape index (κ3) is 4.61. The Hall–Kier alpha value is -2.32. The molecule has 1 heterocycles. The van der Waals surface area contributed by atoms with E-state index in [4.69, 9.17) is 17.2 Å². The lowest BCUT2D eigenvalue weighted by Gasteiger charge is -2.19. The van der Waals surface area contributed by atoms with Crippen molar-refractivity contribution in [3.63, 3.8) is 0 Å². The smallest absolute Gasteiger partial charge is 0.274 e. The molecule has 0 radical (unpaired) electrons. The number of rotatable bonds is 4. The van der Waals surface area contributed by atoms with E-state index in [1.54, 1.807) is 14.0 Å². The van der Waals surface area contributed by atoms with Crippen LogP contribution in [0.3, 0.4) is 0 Å². The first-order valence-electron chi connectivity index (χ1n) is 7.99. The Kier molecular flexibility index (Phi) is 6.60. The van der Waals surface area contributed by atoms with Gasteiger partial charge in [0.1, 0.15) is 5.82 Å². The number of benzene rings is 1.